The fraction of sp³-hybridized carbons (Fsp3) is 0.263. The van der Waals surface area contributed by atoms with E-state index in [1.807, 2.05) is 0 Å². The van der Waals surface area contributed by atoms with Crippen molar-refractivity contribution in [1.29, 1.82) is 0 Å². The number of amides is 2. The molecule has 9 nitrogen and oxygen atoms in total. The molecule has 10 heteroatoms. The van der Waals surface area contributed by atoms with Gasteiger partial charge in [0, 0.05) is 12.1 Å². The van der Waals surface area contributed by atoms with Crippen molar-refractivity contribution in [3.63, 3.8) is 0 Å². The maximum Gasteiger partial charge on any atom is 0.283 e. The number of carbonyl (C=O) groups excluding carboxylic acids is 2. The van der Waals surface area contributed by atoms with Crippen LogP contribution in [0.3, 0.4) is 0 Å². The third-order valence-electron chi connectivity index (χ3n) is 4.62. The molecule has 0 saturated carbocycles. The van der Waals surface area contributed by atoms with E-state index >= 15 is 0 Å². The van der Waals surface area contributed by atoms with Gasteiger partial charge in [0.25, 0.3) is 11.8 Å². The molecule has 0 spiro atoms. The number of benzene rings is 2. The van der Waals surface area contributed by atoms with E-state index in [0.29, 0.717) is 30.2 Å². The number of sulfonamides is 1. The molecule has 0 aliphatic carbocycles. The van der Waals surface area contributed by atoms with Gasteiger partial charge in [-0.15, -0.1) is 0 Å². The van der Waals surface area contributed by atoms with E-state index in [4.69, 9.17) is 9.47 Å². The van der Waals surface area contributed by atoms with Gasteiger partial charge in [0.2, 0.25) is 16.1 Å². The Bertz CT molecular complexity index is 1040. The molecule has 2 N–H and O–H groups in total. The van der Waals surface area contributed by atoms with Crippen molar-refractivity contribution in [1.82, 2.24) is 10.9 Å². The predicted molar refractivity (Wildman–Crippen MR) is 104 cm³/mol. The maximum atomic E-state index is 12.3. The highest BCUT2D eigenvalue weighted by Gasteiger charge is 2.29. The predicted octanol–water partition coefficient (Wildman–Crippen LogP) is 0.827. The van der Waals surface area contributed by atoms with Crippen LogP contribution in [0, 0.1) is 0 Å². The van der Waals surface area contributed by atoms with E-state index in [2.05, 4.69) is 10.9 Å². The Morgan fingerprint density at radius 3 is 2.41 bits per heavy atom. The first-order chi connectivity index (χ1) is 13.9. The number of rotatable bonds is 3. The van der Waals surface area contributed by atoms with Crippen LogP contribution in [0.2, 0.25) is 0 Å². The molecule has 1 saturated heterocycles. The lowest BCUT2D eigenvalue weighted by Gasteiger charge is -2.25. The summed E-state index contributed by atoms with van der Waals surface area (Å²) in [6, 6.07) is 13.1. The van der Waals surface area contributed by atoms with Crippen molar-refractivity contribution >= 4 is 27.5 Å². The summed E-state index contributed by atoms with van der Waals surface area (Å²) < 4.78 is 36.3. The van der Waals surface area contributed by atoms with Crippen LogP contribution in [0.4, 0.5) is 5.69 Å². The molecule has 2 aromatic carbocycles. The van der Waals surface area contributed by atoms with Crippen LogP contribution in [-0.2, 0) is 14.8 Å². The fourth-order valence-electron chi connectivity index (χ4n) is 3.13. The summed E-state index contributed by atoms with van der Waals surface area (Å²) >= 11 is 0. The average Bonchev–Trinajstić information content (AvgIpc) is 3.10. The topological polar surface area (TPSA) is 114 Å². The molecule has 4 rings (SSSR count). The van der Waals surface area contributed by atoms with Crippen molar-refractivity contribution in [3.8, 4) is 11.5 Å². The van der Waals surface area contributed by atoms with Gasteiger partial charge in [-0.1, -0.05) is 12.1 Å². The molecule has 2 aromatic rings. The minimum Gasteiger partial charge on any atom is -0.485 e. The first-order valence-electron chi connectivity index (χ1n) is 9.03. The lowest BCUT2D eigenvalue weighted by atomic mass is 10.2. The van der Waals surface area contributed by atoms with E-state index in [1.165, 1.54) is 16.4 Å². The van der Waals surface area contributed by atoms with Crippen LogP contribution in [0.5, 0.6) is 11.5 Å². The summed E-state index contributed by atoms with van der Waals surface area (Å²) in [5.74, 6) is 0.0518. The first-order valence-corrected chi connectivity index (χ1v) is 10.6. The zero-order valence-electron chi connectivity index (χ0n) is 15.3. The lowest BCUT2D eigenvalue weighted by molar-refractivity contribution is -0.131. The number of para-hydroxylation sites is 2. The van der Waals surface area contributed by atoms with Gasteiger partial charge in [0.05, 0.1) is 11.4 Å². The molecule has 0 bridgehead atoms. The van der Waals surface area contributed by atoms with Crippen LogP contribution in [-0.4, -0.2) is 45.2 Å². The van der Waals surface area contributed by atoms with Gasteiger partial charge < -0.3 is 9.47 Å². The largest absolute Gasteiger partial charge is 0.485 e. The highest BCUT2D eigenvalue weighted by atomic mass is 32.2. The minimum absolute atomic E-state index is 0.0255. The molecule has 29 heavy (non-hydrogen) atoms. The second kappa shape index (κ2) is 7.63. The molecule has 2 heterocycles. The van der Waals surface area contributed by atoms with Gasteiger partial charge in [0.15, 0.2) is 11.5 Å². The second-order valence-corrected chi connectivity index (χ2v) is 8.61. The third kappa shape index (κ3) is 3.97. The smallest absolute Gasteiger partial charge is 0.283 e. The van der Waals surface area contributed by atoms with Gasteiger partial charge in [-0.25, -0.2) is 8.42 Å². The maximum absolute atomic E-state index is 12.3. The number of ether oxygens (including phenoxy) is 2. The quantitative estimate of drug-likeness (QED) is 0.715. The Morgan fingerprint density at radius 2 is 1.72 bits per heavy atom. The van der Waals surface area contributed by atoms with E-state index in [1.54, 1.807) is 36.4 Å². The van der Waals surface area contributed by atoms with Crippen LogP contribution < -0.4 is 24.6 Å². The molecule has 0 radical (unpaired) electrons. The number of carbonyl (C=O) groups is 2. The second-order valence-electron chi connectivity index (χ2n) is 6.60. The third-order valence-corrected chi connectivity index (χ3v) is 6.49. The van der Waals surface area contributed by atoms with Gasteiger partial charge in [-0.2, -0.15) is 0 Å². The van der Waals surface area contributed by atoms with E-state index in [0.717, 1.165) is 0 Å². The summed E-state index contributed by atoms with van der Waals surface area (Å²) in [7, 11) is -3.28. The van der Waals surface area contributed by atoms with E-state index in [9.17, 15) is 18.0 Å². The molecule has 1 fully saturated rings. The van der Waals surface area contributed by atoms with Crippen molar-refractivity contribution in [3.05, 3.63) is 54.1 Å². The zero-order valence-corrected chi connectivity index (χ0v) is 16.1. The molecule has 2 amide bonds. The van der Waals surface area contributed by atoms with Crippen LogP contribution in [0.15, 0.2) is 48.5 Å². The molecular formula is C19H19N3O6S. The number of hydrogen-bond acceptors (Lipinski definition) is 6. The lowest BCUT2D eigenvalue weighted by Crippen LogP contribution is -2.50. The summed E-state index contributed by atoms with van der Waals surface area (Å²) in [5.41, 5.74) is 5.42. The number of nitrogens with zero attached hydrogens (tertiary/aromatic N) is 1. The number of hydrogen-bond donors (Lipinski definition) is 2. The summed E-state index contributed by atoms with van der Waals surface area (Å²) in [5, 5.41) is 0. The fourth-order valence-corrected chi connectivity index (χ4v) is 4.69. The van der Waals surface area contributed by atoms with Crippen LogP contribution in [0.1, 0.15) is 16.8 Å². The Hall–Kier alpha value is -3.27. The van der Waals surface area contributed by atoms with Crippen molar-refractivity contribution in [2.45, 2.75) is 12.5 Å². The first kappa shape index (κ1) is 19.1. The summed E-state index contributed by atoms with van der Waals surface area (Å²) in [6.45, 7) is 0.453. The molecule has 2 aliphatic rings. The Labute approximate surface area is 167 Å². The molecule has 2 aliphatic heterocycles. The number of anilines is 1. The van der Waals surface area contributed by atoms with E-state index in [-0.39, 0.29) is 17.9 Å². The summed E-state index contributed by atoms with van der Waals surface area (Å²) in [6.07, 6.45) is -0.318. The van der Waals surface area contributed by atoms with E-state index < -0.39 is 27.9 Å². The van der Waals surface area contributed by atoms with Gasteiger partial charge >= 0.3 is 0 Å². The number of fused-ring (bicyclic) bond motifs is 1. The Morgan fingerprint density at radius 1 is 1.00 bits per heavy atom. The van der Waals surface area contributed by atoms with Crippen LogP contribution >= 0.6 is 0 Å². The molecule has 152 valence electrons. The van der Waals surface area contributed by atoms with Gasteiger partial charge in [-0.05, 0) is 42.8 Å². The molecule has 0 aromatic heterocycles. The SMILES string of the molecule is O=C(NNC(=O)C1COc2ccccc2O1)c1ccc(N2CCCS2(=O)=O)cc1. The summed E-state index contributed by atoms with van der Waals surface area (Å²) in [4.78, 5) is 24.5. The number of hydrazine groups is 1. The van der Waals surface area contributed by atoms with Gasteiger partial charge in [-0.3, -0.25) is 24.7 Å². The zero-order chi connectivity index (χ0) is 20.4. The normalized spacial score (nSPS) is 19.4. The molecule has 1 atom stereocenters. The highest BCUT2D eigenvalue weighted by Crippen LogP contribution is 2.30. The molecular weight excluding hydrogens is 398 g/mol. The Kier molecular flexibility index (Phi) is 5.01. The standard InChI is InChI=1S/C19H19N3O6S/c23-18(13-6-8-14(9-7-13)22-10-3-11-29(22,25)26)20-21-19(24)17-12-27-15-4-1-2-5-16(15)28-17/h1-2,4-9,17H,3,10-12H2,(H,20,23)(H,21,24). The highest BCUT2D eigenvalue weighted by molar-refractivity contribution is 7.93. The minimum atomic E-state index is -3.28. The van der Waals surface area contributed by atoms with Gasteiger partial charge in [0.1, 0.15) is 6.61 Å². The monoisotopic (exact) mass is 417 g/mol. The number of nitrogens with one attached hydrogen (secondary N) is 2. The van der Waals surface area contributed by atoms with Crippen molar-refractivity contribution in [2.24, 2.45) is 0 Å². The Balaban J connectivity index is 1.33. The van der Waals surface area contributed by atoms with Crippen LogP contribution in [0.25, 0.3) is 0 Å². The van der Waals surface area contributed by atoms with Crippen molar-refractivity contribution in [2.75, 3.05) is 23.2 Å². The van der Waals surface area contributed by atoms with Crippen molar-refractivity contribution < 1.29 is 27.5 Å². The average molecular weight is 417 g/mol. The molecule has 1 unspecified atom stereocenters.